The van der Waals surface area contributed by atoms with Crippen LogP contribution in [0, 0.1) is 0 Å². The molecule has 43 heavy (non-hydrogen) atoms. The summed E-state index contributed by atoms with van der Waals surface area (Å²) in [6.45, 7) is 14.1. The number of methoxy groups -OCH3 is 1. The predicted octanol–water partition coefficient (Wildman–Crippen LogP) is 2.30. The molecule has 16 nitrogen and oxygen atoms in total. The Morgan fingerprint density at radius 2 is 1.21 bits per heavy atom. The van der Waals surface area contributed by atoms with Gasteiger partial charge in [0, 0.05) is 45.9 Å². The van der Waals surface area contributed by atoms with Crippen LogP contribution >= 0.6 is 0 Å². The summed E-state index contributed by atoms with van der Waals surface area (Å²) in [6.07, 6.45) is -0.407. The Labute approximate surface area is 255 Å². The van der Waals surface area contributed by atoms with Gasteiger partial charge in [0.1, 0.15) is 11.2 Å². The Kier molecular flexibility index (Phi) is 21.1. The normalized spacial score (nSPS) is 11.3. The molecule has 0 spiro atoms. The van der Waals surface area contributed by atoms with Crippen LogP contribution < -0.4 is 10.6 Å². The van der Waals surface area contributed by atoms with Crippen molar-refractivity contribution in [2.75, 3.05) is 72.5 Å². The molecule has 0 aliphatic carbocycles. The van der Waals surface area contributed by atoms with E-state index in [-0.39, 0.29) is 39.4 Å². The number of alkyl carbamates (subject to hydrolysis) is 2. The first kappa shape index (κ1) is 42.1. The Balaban J connectivity index is 0. The molecule has 254 valence electrons. The summed E-state index contributed by atoms with van der Waals surface area (Å²) in [5, 5.41) is 13.8. The molecule has 0 atom stereocenters. The van der Waals surface area contributed by atoms with E-state index >= 15 is 0 Å². The van der Waals surface area contributed by atoms with E-state index in [1.807, 2.05) is 0 Å². The van der Waals surface area contributed by atoms with Crippen LogP contribution in [-0.2, 0) is 33.2 Å². The van der Waals surface area contributed by atoms with Gasteiger partial charge in [-0.15, -0.1) is 0 Å². The number of aliphatic hydroxyl groups is 1. The van der Waals surface area contributed by atoms with Crippen LogP contribution in [0.15, 0.2) is 0 Å². The van der Waals surface area contributed by atoms with Gasteiger partial charge in [-0.2, -0.15) is 8.42 Å². The molecule has 0 radical (unpaired) electrons. The highest BCUT2D eigenvalue weighted by Gasteiger charge is 2.23. The smallest absolute Gasteiger partial charge is 0.410 e. The predicted molar refractivity (Wildman–Crippen MR) is 158 cm³/mol. The first-order valence-corrected chi connectivity index (χ1v) is 15.7. The Hall–Kier alpha value is -3.05. The maximum absolute atomic E-state index is 12.1. The molecule has 0 aromatic rings. The molecule has 3 N–H and O–H groups in total. The molecule has 0 aromatic heterocycles. The van der Waals surface area contributed by atoms with E-state index in [1.165, 1.54) is 16.9 Å². The van der Waals surface area contributed by atoms with Crippen LogP contribution in [0.5, 0.6) is 0 Å². The summed E-state index contributed by atoms with van der Waals surface area (Å²) in [5.41, 5.74) is -1.24. The van der Waals surface area contributed by atoms with Crippen molar-refractivity contribution >= 4 is 34.5 Å². The maximum atomic E-state index is 12.1. The second-order valence-corrected chi connectivity index (χ2v) is 12.6. The van der Waals surface area contributed by atoms with Crippen molar-refractivity contribution < 1.29 is 55.8 Å². The van der Waals surface area contributed by atoms with Crippen LogP contribution in [0.3, 0.4) is 0 Å². The van der Waals surface area contributed by atoms with Gasteiger partial charge in [0.05, 0.1) is 26.6 Å². The van der Waals surface area contributed by atoms with Gasteiger partial charge in [0.25, 0.3) is 10.1 Å². The molecule has 0 saturated heterocycles. The van der Waals surface area contributed by atoms with Crippen molar-refractivity contribution in [3.8, 4) is 0 Å². The number of hydrogen-bond donors (Lipinski definition) is 3. The van der Waals surface area contributed by atoms with Gasteiger partial charge in [-0.1, -0.05) is 0 Å². The fourth-order valence-electron chi connectivity index (χ4n) is 2.81. The third kappa shape index (κ3) is 27.5. The summed E-state index contributed by atoms with van der Waals surface area (Å²) in [7, 11) is -2.27. The molecule has 4 amide bonds. The maximum Gasteiger partial charge on any atom is 0.410 e. The van der Waals surface area contributed by atoms with Crippen LogP contribution in [0.4, 0.5) is 19.2 Å². The third-order valence-corrected chi connectivity index (χ3v) is 5.12. The van der Waals surface area contributed by atoms with Gasteiger partial charge < -0.3 is 44.5 Å². The van der Waals surface area contributed by atoms with Crippen molar-refractivity contribution in [2.45, 2.75) is 72.5 Å². The fourth-order valence-corrected chi connectivity index (χ4v) is 3.23. The molecule has 0 heterocycles. The lowest BCUT2D eigenvalue weighted by Gasteiger charge is -2.27. The van der Waals surface area contributed by atoms with E-state index in [0.29, 0.717) is 32.5 Å². The third-order valence-electron chi connectivity index (χ3n) is 4.52. The zero-order valence-electron chi connectivity index (χ0n) is 27.0. The Bertz CT molecular complexity index is 933. The van der Waals surface area contributed by atoms with Crippen LogP contribution in [0.2, 0.25) is 0 Å². The Morgan fingerprint density at radius 3 is 1.58 bits per heavy atom. The molecular formula is C26H52N4O12S. The molecule has 0 bridgehead atoms. The minimum absolute atomic E-state index is 0.00932. The van der Waals surface area contributed by atoms with E-state index in [4.69, 9.17) is 19.3 Å². The van der Waals surface area contributed by atoms with Gasteiger partial charge in [0.2, 0.25) is 0 Å². The quantitative estimate of drug-likeness (QED) is 0.134. The fraction of sp³-hybridized carbons (Fsp3) is 0.846. The number of nitrogens with one attached hydrogen (secondary N) is 2. The summed E-state index contributed by atoms with van der Waals surface area (Å²) < 4.78 is 46.1. The minimum atomic E-state index is -3.51. The van der Waals surface area contributed by atoms with E-state index in [9.17, 15) is 27.6 Å². The second-order valence-electron chi connectivity index (χ2n) is 11.0. The Morgan fingerprint density at radius 1 is 0.767 bits per heavy atom. The van der Waals surface area contributed by atoms with Crippen molar-refractivity contribution in [2.24, 2.45) is 0 Å². The second kappa shape index (κ2) is 21.6. The lowest BCUT2D eigenvalue weighted by Crippen LogP contribution is -2.42. The largest absolute Gasteiger partial charge is 0.453 e. The average molecular weight is 645 g/mol. The van der Waals surface area contributed by atoms with Crippen molar-refractivity contribution in [1.29, 1.82) is 0 Å². The van der Waals surface area contributed by atoms with E-state index < -0.39 is 45.7 Å². The van der Waals surface area contributed by atoms with Gasteiger partial charge in [-0.3, -0.25) is 4.18 Å². The molecular weight excluding hydrogens is 592 g/mol. The monoisotopic (exact) mass is 644 g/mol. The molecule has 0 unspecified atom stereocenters. The summed E-state index contributed by atoms with van der Waals surface area (Å²) in [6, 6.07) is 0. The number of aliphatic hydroxyl groups excluding tert-OH is 1. The van der Waals surface area contributed by atoms with Gasteiger partial charge in [-0.05, 0) is 61.3 Å². The van der Waals surface area contributed by atoms with Crippen molar-refractivity contribution in [3.63, 3.8) is 0 Å². The van der Waals surface area contributed by atoms with Gasteiger partial charge in [-0.25, -0.2) is 19.2 Å². The number of amides is 4. The number of rotatable bonds is 15. The van der Waals surface area contributed by atoms with Crippen LogP contribution in [0.25, 0.3) is 0 Å². The van der Waals surface area contributed by atoms with Gasteiger partial charge >= 0.3 is 24.4 Å². The highest BCUT2D eigenvalue weighted by Crippen LogP contribution is 2.11. The van der Waals surface area contributed by atoms with Crippen LogP contribution in [-0.4, -0.2) is 131 Å². The minimum Gasteiger partial charge on any atom is -0.453 e. The lowest BCUT2D eigenvalue weighted by atomic mass is 10.2. The SMILES string of the molecule is CCOC(=O)NCCN(CCCO)C(=O)OC(C)(C)C.COC(=O)NCCN(CCCOS(C)(=O)=O)C(=O)OC(C)(C)C. The zero-order valence-corrected chi connectivity index (χ0v) is 27.8. The molecule has 0 aliphatic rings. The van der Waals surface area contributed by atoms with Crippen molar-refractivity contribution in [3.05, 3.63) is 0 Å². The van der Waals surface area contributed by atoms with E-state index in [2.05, 4.69) is 19.6 Å². The van der Waals surface area contributed by atoms with Gasteiger partial charge in [0.15, 0.2) is 0 Å². The number of ether oxygens (including phenoxy) is 4. The van der Waals surface area contributed by atoms with E-state index in [1.54, 1.807) is 48.5 Å². The standard InChI is InChI=1S/C13H26N2O7S.C13H26N2O5/c1-13(2,3)22-12(17)15(9-7-14-11(16)20-4)8-6-10-21-23(5,18)19;1-5-19-11(17)14-7-9-15(8-6-10-16)12(18)20-13(2,3)4/h6-10H2,1-5H3,(H,14,16);16H,5-10H2,1-4H3,(H,14,17). The number of carbonyl (C=O) groups excluding carboxylic acids is 4. The summed E-state index contributed by atoms with van der Waals surface area (Å²) >= 11 is 0. The lowest BCUT2D eigenvalue weighted by molar-refractivity contribution is 0.0232. The molecule has 0 aliphatic heterocycles. The summed E-state index contributed by atoms with van der Waals surface area (Å²) in [5.74, 6) is 0. The summed E-state index contributed by atoms with van der Waals surface area (Å²) in [4.78, 5) is 49.0. The van der Waals surface area contributed by atoms with Crippen molar-refractivity contribution in [1.82, 2.24) is 20.4 Å². The number of carbonyl (C=O) groups is 4. The first-order chi connectivity index (χ1) is 19.7. The van der Waals surface area contributed by atoms with E-state index in [0.717, 1.165) is 6.26 Å². The molecule has 0 aromatic carbocycles. The first-order valence-electron chi connectivity index (χ1n) is 13.9. The molecule has 0 fully saturated rings. The molecule has 0 saturated carbocycles. The topological polar surface area (TPSA) is 199 Å². The average Bonchev–Trinajstić information content (AvgIpc) is 2.85. The number of nitrogens with zero attached hydrogens (tertiary/aromatic N) is 2. The van der Waals surface area contributed by atoms with Crippen LogP contribution in [0.1, 0.15) is 61.3 Å². The highest BCUT2D eigenvalue weighted by molar-refractivity contribution is 7.85. The molecule has 0 rings (SSSR count). The number of hydrogen-bond acceptors (Lipinski definition) is 12. The highest BCUT2D eigenvalue weighted by atomic mass is 32.2. The molecule has 17 heteroatoms. The zero-order chi connectivity index (χ0) is 33.7.